The third kappa shape index (κ3) is 3.40. The summed E-state index contributed by atoms with van der Waals surface area (Å²) >= 11 is 0. The molecule has 1 saturated heterocycles. The quantitative estimate of drug-likeness (QED) is 0.927. The minimum Gasteiger partial charge on any atom is -0.360 e. The van der Waals surface area contributed by atoms with Crippen molar-refractivity contribution in [1.29, 1.82) is 0 Å². The number of carbonyl (C=O) groups excluding carboxylic acids is 2. The summed E-state index contributed by atoms with van der Waals surface area (Å²) in [7, 11) is 1.62. The number of piperidine rings is 1. The summed E-state index contributed by atoms with van der Waals surface area (Å²) < 4.78 is 18.4. The lowest BCUT2D eigenvalue weighted by molar-refractivity contribution is -0.125. The number of hydrogen-bond acceptors (Lipinski definition) is 4. The minimum absolute atomic E-state index is 0.0141. The third-order valence-corrected chi connectivity index (χ3v) is 4.59. The van der Waals surface area contributed by atoms with Gasteiger partial charge in [-0.1, -0.05) is 5.16 Å². The lowest BCUT2D eigenvalue weighted by Gasteiger charge is -2.31. The molecule has 0 unspecified atom stereocenters. The van der Waals surface area contributed by atoms with E-state index in [0.29, 0.717) is 48.5 Å². The fourth-order valence-corrected chi connectivity index (χ4v) is 3.14. The van der Waals surface area contributed by atoms with E-state index in [-0.39, 0.29) is 23.5 Å². The molecule has 1 aromatic carbocycles. The monoisotopic (exact) mass is 345 g/mol. The predicted octanol–water partition coefficient (Wildman–Crippen LogP) is 2.39. The van der Waals surface area contributed by atoms with Crippen LogP contribution in [0.5, 0.6) is 0 Å². The van der Waals surface area contributed by atoms with Gasteiger partial charge in [-0.3, -0.25) is 9.59 Å². The Hall–Kier alpha value is -2.70. The van der Waals surface area contributed by atoms with Gasteiger partial charge in [0, 0.05) is 31.6 Å². The standard InChI is InChI=1S/C18H20FN3O3/c1-11-15(16(21-25-11)12-3-5-14(19)6-4-12)18(24)22-9-7-13(8-10-22)17(23)20-2/h3-6,13H,7-10H2,1-2H3,(H,20,23). The van der Waals surface area contributed by atoms with E-state index in [1.165, 1.54) is 12.1 Å². The molecule has 2 amide bonds. The molecule has 0 atom stereocenters. The van der Waals surface area contributed by atoms with Crippen molar-refractivity contribution in [2.24, 2.45) is 5.92 Å². The van der Waals surface area contributed by atoms with Crippen LogP contribution in [0, 0.1) is 18.7 Å². The molecule has 0 spiro atoms. The zero-order valence-electron chi connectivity index (χ0n) is 14.2. The first-order chi connectivity index (χ1) is 12.0. The van der Waals surface area contributed by atoms with Crippen LogP contribution in [0.3, 0.4) is 0 Å². The van der Waals surface area contributed by atoms with Crippen LogP contribution in [0.4, 0.5) is 4.39 Å². The molecule has 25 heavy (non-hydrogen) atoms. The number of nitrogens with one attached hydrogen (secondary N) is 1. The second-order valence-corrected chi connectivity index (χ2v) is 6.15. The van der Waals surface area contributed by atoms with Crippen molar-refractivity contribution in [2.45, 2.75) is 19.8 Å². The Balaban J connectivity index is 1.81. The summed E-state index contributed by atoms with van der Waals surface area (Å²) in [6, 6.07) is 5.79. The molecular formula is C18H20FN3O3. The van der Waals surface area contributed by atoms with Gasteiger partial charge in [-0.15, -0.1) is 0 Å². The van der Waals surface area contributed by atoms with Crippen molar-refractivity contribution in [3.63, 3.8) is 0 Å². The van der Waals surface area contributed by atoms with Crippen molar-refractivity contribution in [1.82, 2.24) is 15.4 Å². The Morgan fingerprint density at radius 3 is 2.48 bits per heavy atom. The summed E-state index contributed by atoms with van der Waals surface area (Å²) in [5.41, 5.74) is 1.43. The smallest absolute Gasteiger partial charge is 0.259 e. The molecule has 2 heterocycles. The maximum atomic E-state index is 13.1. The first-order valence-corrected chi connectivity index (χ1v) is 8.24. The van der Waals surface area contributed by atoms with E-state index in [9.17, 15) is 14.0 Å². The van der Waals surface area contributed by atoms with Crippen LogP contribution in [-0.4, -0.2) is 42.0 Å². The molecule has 0 bridgehead atoms. The van der Waals surface area contributed by atoms with Gasteiger partial charge >= 0.3 is 0 Å². The minimum atomic E-state index is -0.354. The fraction of sp³-hybridized carbons (Fsp3) is 0.389. The molecular weight excluding hydrogens is 325 g/mol. The van der Waals surface area contributed by atoms with Crippen molar-refractivity contribution < 1.29 is 18.5 Å². The van der Waals surface area contributed by atoms with Crippen molar-refractivity contribution in [3.8, 4) is 11.3 Å². The van der Waals surface area contributed by atoms with Gasteiger partial charge in [0.15, 0.2) is 0 Å². The Morgan fingerprint density at radius 1 is 1.24 bits per heavy atom. The van der Waals surface area contributed by atoms with Crippen LogP contribution in [0.15, 0.2) is 28.8 Å². The first-order valence-electron chi connectivity index (χ1n) is 8.24. The van der Waals surface area contributed by atoms with Crippen LogP contribution in [-0.2, 0) is 4.79 Å². The topological polar surface area (TPSA) is 75.4 Å². The van der Waals surface area contributed by atoms with Crippen LogP contribution in [0.25, 0.3) is 11.3 Å². The summed E-state index contributed by atoms with van der Waals surface area (Å²) in [6.07, 6.45) is 1.25. The van der Waals surface area contributed by atoms with E-state index in [1.807, 2.05) is 0 Å². The summed E-state index contributed by atoms with van der Waals surface area (Å²) in [5.74, 6) is -0.145. The van der Waals surface area contributed by atoms with Crippen LogP contribution >= 0.6 is 0 Å². The molecule has 132 valence electrons. The highest BCUT2D eigenvalue weighted by Crippen LogP contribution is 2.28. The van der Waals surface area contributed by atoms with E-state index < -0.39 is 0 Å². The zero-order chi connectivity index (χ0) is 18.0. The predicted molar refractivity (Wildman–Crippen MR) is 89.3 cm³/mol. The number of likely N-dealkylation sites (tertiary alicyclic amines) is 1. The van der Waals surface area contributed by atoms with Gasteiger partial charge < -0.3 is 14.7 Å². The number of benzene rings is 1. The molecule has 1 aliphatic rings. The summed E-state index contributed by atoms with van der Waals surface area (Å²) in [5, 5.41) is 6.63. The fourth-order valence-electron chi connectivity index (χ4n) is 3.14. The van der Waals surface area contributed by atoms with Gasteiger partial charge in [0.05, 0.1) is 0 Å². The first kappa shape index (κ1) is 17.1. The normalized spacial score (nSPS) is 15.2. The molecule has 0 radical (unpaired) electrons. The molecule has 1 aliphatic heterocycles. The average molecular weight is 345 g/mol. The maximum absolute atomic E-state index is 13.1. The van der Waals surface area contributed by atoms with E-state index in [4.69, 9.17) is 4.52 Å². The highest BCUT2D eigenvalue weighted by molar-refractivity contribution is 6.00. The Bertz CT molecular complexity index is 777. The molecule has 6 nitrogen and oxygen atoms in total. The molecule has 1 aromatic heterocycles. The van der Waals surface area contributed by atoms with E-state index in [2.05, 4.69) is 10.5 Å². The number of amides is 2. The SMILES string of the molecule is CNC(=O)C1CCN(C(=O)c2c(-c3ccc(F)cc3)noc2C)CC1. The molecule has 1 N–H and O–H groups in total. The highest BCUT2D eigenvalue weighted by Gasteiger charge is 2.31. The number of aromatic nitrogens is 1. The van der Waals surface area contributed by atoms with Crippen LogP contribution in [0.2, 0.25) is 0 Å². The van der Waals surface area contributed by atoms with Gasteiger partial charge in [-0.25, -0.2) is 4.39 Å². The van der Waals surface area contributed by atoms with Gasteiger partial charge in [0.25, 0.3) is 5.91 Å². The Morgan fingerprint density at radius 2 is 1.88 bits per heavy atom. The van der Waals surface area contributed by atoms with Gasteiger partial charge in [-0.05, 0) is 44.0 Å². The summed E-state index contributed by atoms with van der Waals surface area (Å²) in [6.45, 7) is 2.69. The largest absolute Gasteiger partial charge is 0.360 e. The molecule has 0 saturated carbocycles. The van der Waals surface area contributed by atoms with Crippen molar-refractivity contribution in [2.75, 3.05) is 20.1 Å². The molecule has 2 aromatic rings. The number of rotatable bonds is 3. The molecule has 3 rings (SSSR count). The lowest BCUT2D eigenvalue weighted by Crippen LogP contribution is -2.42. The Kier molecular flexibility index (Phi) is 4.83. The van der Waals surface area contributed by atoms with E-state index in [0.717, 1.165) is 0 Å². The van der Waals surface area contributed by atoms with Crippen molar-refractivity contribution in [3.05, 3.63) is 41.4 Å². The van der Waals surface area contributed by atoms with Crippen LogP contribution < -0.4 is 5.32 Å². The third-order valence-electron chi connectivity index (χ3n) is 4.59. The lowest BCUT2D eigenvalue weighted by atomic mass is 9.95. The number of halogens is 1. The number of hydrogen-bond donors (Lipinski definition) is 1. The second kappa shape index (κ2) is 7.04. The number of carbonyl (C=O) groups is 2. The average Bonchev–Trinajstić information content (AvgIpc) is 3.02. The molecule has 0 aliphatic carbocycles. The van der Waals surface area contributed by atoms with Gasteiger partial charge in [-0.2, -0.15) is 0 Å². The number of nitrogens with zero attached hydrogens (tertiary/aromatic N) is 2. The molecule has 7 heteroatoms. The van der Waals surface area contributed by atoms with Crippen molar-refractivity contribution >= 4 is 11.8 Å². The maximum Gasteiger partial charge on any atom is 0.259 e. The Labute approximate surface area is 145 Å². The van der Waals surface area contributed by atoms with E-state index in [1.54, 1.807) is 31.0 Å². The highest BCUT2D eigenvalue weighted by atomic mass is 19.1. The van der Waals surface area contributed by atoms with Gasteiger partial charge in [0.1, 0.15) is 22.8 Å². The van der Waals surface area contributed by atoms with Gasteiger partial charge in [0.2, 0.25) is 5.91 Å². The van der Waals surface area contributed by atoms with E-state index >= 15 is 0 Å². The zero-order valence-corrected chi connectivity index (χ0v) is 14.2. The number of aryl methyl sites for hydroxylation is 1. The molecule has 1 fully saturated rings. The summed E-state index contributed by atoms with van der Waals surface area (Å²) in [4.78, 5) is 26.4. The second-order valence-electron chi connectivity index (χ2n) is 6.15. The van der Waals surface area contributed by atoms with Crippen LogP contribution in [0.1, 0.15) is 29.0 Å².